The Labute approximate surface area is 140 Å². The van der Waals surface area contributed by atoms with Crippen LogP contribution < -0.4 is 10.0 Å². The summed E-state index contributed by atoms with van der Waals surface area (Å²) >= 11 is 0. The molecule has 0 unspecified atom stereocenters. The molecule has 0 aliphatic rings. The molecule has 0 saturated carbocycles. The molecule has 1 aromatic rings. The molecular formula is C15H15N5O3S. The molecule has 1 rings (SSSR count). The molecule has 0 spiro atoms. The number of allylic oxidation sites excluding steroid dienone is 2. The molecule has 0 aliphatic heterocycles. The molecule has 0 fully saturated rings. The second kappa shape index (κ2) is 9.29. The molecule has 0 aromatic heterocycles. The zero-order chi connectivity index (χ0) is 18.0. The van der Waals surface area contributed by atoms with Gasteiger partial charge < -0.3 is 10.1 Å². The van der Waals surface area contributed by atoms with E-state index in [1.165, 1.54) is 31.4 Å². The van der Waals surface area contributed by atoms with Crippen LogP contribution in [0.25, 0.3) is 0 Å². The number of ether oxygens (including phenoxy) is 1. The normalized spacial score (nSPS) is 10.1. The van der Waals surface area contributed by atoms with Crippen molar-refractivity contribution in [1.82, 2.24) is 4.72 Å². The first kappa shape index (κ1) is 19.1. The van der Waals surface area contributed by atoms with E-state index in [1.807, 2.05) is 0 Å². The predicted molar refractivity (Wildman–Crippen MR) is 85.6 cm³/mol. The lowest BCUT2D eigenvalue weighted by atomic mass is 10.2. The summed E-state index contributed by atoms with van der Waals surface area (Å²) in [6.45, 7) is 0.708. The summed E-state index contributed by atoms with van der Waals surface area (Å²) in [7, 11) is -2.10. The summed E-state index contributed by atoms with van der Waals surface area (Å²) in [6.07, 6.45) is 0.552. The molecule has 0 atom stereocenters. The standard InChI is InChI=1S/C15H15N5O3S/c1-23-8-2-7-19-24(21,22)14-5-3-13(4-6-14)20-15(11-18)12(9-16)10-17/h3-6,19-20H,2,7-8H2,1H3. The molecule has 0 aliphatic carbocycles. The quantitative estimate of drug-likeness (QED) is 0.533. The van der Waals surface area contributed by atoms with E-state index in [-0.39, 0.29) is 22.7 Å². The van der Waals surface area contributed by atoms with Crippen molar-refractivity contribution in [2.24, 2.45) is 0 Å². The third-order valence-electron chi connectivity index (χ3n) is 2.84. The summed E-state index contributed by atoms with van der Waals surface area (Å²) in [5.74, 6) is 0. The van der Waals surface area contributed by atoms with E-state index in [1.54, 1.807) is 18.2 Å². The highest BCUT2D eigenvalue weighted by Gasteiger charge is 2.13. The molecule has 0 bridgehead atoms. The number of hydrogen-bond donors (Lipinski definition) is 2. The Morgan fingerprint density at radius 1 is 1.12 bits per heavy atom. The molecule has 0 radical (unpaired) electrons. The van der Waals surface area contributed by atoms with Crippen LogP contribution in [0.5, 0.6) is 0 Å². The number of anilines is 1. The Bertz CT molecular complexity index is 808. The first-order valence-electron chi connectivity index (χ1n) is 6.78. The number of sulfonamides is 1. The maximum absolute atomic E-state index is 12.1. The molecule has 124 valence electrons. The lowest BCUT2D eigenvalue weighted by Crippen LogP contribution is -2.25. The third-order valence-corrected chi connectivity index (χ3v) is 4.31. The monoisotopic (exact) mass is 345 g/mol. The largest absolute Gasteiger partial charge is 0.385 e. The van der Waals surface area contributed by atoms with Crippen LogP contribution in [0.15, 0.2) is 40.4 Å². The SMILES string of the molecule is COCCCNS(=O)(=O)c1ccc(NC(C#N)=C(C#N)C#N)cc1. The molecule has 0 saturated heterocycles. The highest BCUT2D eigenvalue weighted by molar-refractivity contribution is 7.89. The van der Waals surface area contributed by atoms with Gasteiger partial charge in [0, 0.05) is 25.9 Å². The lowest BCUT2D eigenvalue weighted by Gasteiger charge is -2.08. The van der Waals surface area contributed by atoms with Crippen molar-refractivity contribution in [3.05, 3.63) is 35.5 Å². The Balaban J connectivity index is 2.87. The van der Waals surface area contributed by atoms with Crippen molar-refractivity contribution in [2.45, 2.75) is 11.3 Å². The molecule has 8 nitrogen and oxygen atoms in total. The van der Waals surface area contributed by atoms with Crippen molar-refractivity contribution in [2.75, 3.05) is 25.6 Å². The number of nitrogens with one attached hydrogen (secondary N) is 2. The van der Waals surface area contributed by atoms with Gasteiger partial charge >= 0.3 is 0 Å². The number of hydrogen-bond acceptors (Lipinski definition) is 7. The minimum Gasteiger partial charge on any atom is -0.385 e. The van der Waals surface area contributed by atoms with Gasteiger partial charge in [-0.05, 0) is 30.7 Å². The van der Waals surface area contributed by atoms with Crippen LogP contribution in [-0.2, 0) is 14.8 Å². The fourth-order valence-corrected chi connectivity index (χ4v) is 2.73. The van der Waals surface area contributed by atoms with Gasteiger partial charge in [0.25, 0.3) is 0 Å². The van der Waals surface area contributed by atoms with Crippen LogP contribution in [0.1, 0.15) is 6.42 Å². The van der Waals surface area contributed by atoms with E-state index < -0.39 is 10.0 Å². The van der Waals surface area contributed by atoms with E-state index in [9.17, 15) is 8.42 Å². The summed E-state index contributed by atoms with van der Waals surface area (Å²) in [5.41, 5.74) is -0.171. The summed E-state index contributed by atoms with van der Waals surface area (Å²) < 4.78 is 31.4. The van der Waals surface area contributed by atoms with E-state index in [4.69, 9.17) is 20.5 Å². The topological polar surface area (TPSA) is 139 Å². The van der Waals surface area contributed by atoms with Crippen molar-refractivity contribution in [3.63, 3.8) is 0 Å². The average molecular weight is 345 g/mol. The van der Waals surface area contributed by atoms with Gasteiger partial charge in [-0.25, -0.2) is 13.1 Å². The zero-order valence-electron chi connectivity index (χ0n) is 12.9. The van der Waals surface area contributed by atoms with Crippen molar-refractivity contribution in [3.8, 4) is 18.2 Å². The highest BCUT2D eigenvalue weighted by atomic mass is 32.2. The lowest BCUT2D eigenvalue weighted by molar-refractivity contribution is 0.196. The molecule has 9 heteroatoms. The van der Waals surface area contributed by atoms with Gasteiger partial charge in [0.2, 0.25) is 10.0 Å². The van der Waals surface area contributed by atoms with E-state index >= 15 is 0 Å². The highest BCUT2D eigenvalue weighted by Crippen LogP contribution is 2.16. The van der Waals surface area contributed by atoms with Crippen LogP contribution in [0.4, 0.5) is 5.69 Å². The van der Waals surface area contributed by atoms with E-state index in [0.717, 1.165) is 0 Å². The number of nitrogens with zero attached hydrogens (tertiary/aromatic N) is 3. The van der Waals surface area contributed by atoms with Crippen molar-refractivity contribution >= 4 is 15.7 Å². The van der Waals surface area contributed by atoms with Crippen LogP contribution >= 0.6 is 0 Å². The van der Waals surface area contributed by atoms with Gasteiger partial charge in [-0.1, -0.05) is 0 Å². The van der Waals surface area contributed by atoms with Crippen LogP contribution in [0.2, 0.25) is 0 Å². The number of methoxy groups -OCH3 is 1. The Hall–Kier alpha value is -2.90. The summed E-state index contributed by atoms with van der Waals surface area (Å²) in [5, 5.41) is 29.1. The van der Waals surface area contributed by atoms with Crippen LogP contribution in [0.3, 0.4) is 0 Å². The first-order valence-corrected chi connectivity index (χ1v) is 8.27. The van der Waals surface area contributed by atoms with E-state index in [0.29, 0.717) is 18.7 Å². The Morgan fingerprint density at radius 2 is 1.75 bits per heavy atom. The minimum atomic E-state index is -3.63. The zero-order valence-corrected chi connectivity index (χ0v) is 13.7. The molecule has 0 heterocycles. The van der Waals surface area contributed by atoms with Gasteiger partial charge in [0.1, 0.15) is 23.9 Å². The van der Waals surface area contributed by atoms with Gasteiger partial charge in [0.15, 0.2) is 5.57 Å². The summed E-state index contributed by atoms with van der Waals surface area (Å²) in [6, 6.07) is 10.5. The van der Waals surface area contributed by atoms with Crippen LogP contribution in [0, 0.1) is 34.0 Å². The number of nitriles is 3. The predicted octanol–water partition coefficient (Wildman–Crippen LogP) is 1.24. The second-order valence-electron chi connectivity index (χ2n) is 4.48. The minimum absolute atomic E-state index is 0.0637. The second-order valence-corrected chi connectivity index (χ2v) is 6.25. The molecule has 2 N–H and O–H groups in total. The van der Waals surface area contributed by atoms with Gasteiger partial charge in [-0.2, -0.15) is 15.8 Å². The first-order chi connectivity index (χ1) is 11.5. The number of rotatable bonds is 8. The number of benzene rings is 1. The molecular weight excluding hydrogens is 330 g/mol. The van der Waals surface area contributed by atoms with Gasteiger partial charge in [-0.15, -0.1) is 0 Å². The van der Waals surface area contributed by atoms with Crippen LogP contribution in [-0.4, -0.2) is 28.7 Å². The Morgan fingerprint density at radius 3 is 2.25 bits per heavy atom. The molecule has 24 heavy (non-hydrogen) atoms. The fourth-order valence-electron chi connectivity index (χ4n) is 1.65. The maximum Gasteiger partial charge on any atom is 0.240 e. The van der Waals surface area contributed by atoms with Crippen molar-refractivity contribution in [1.29, 1.82) is 15.8 Å². The maximum atomic E-state index is 12.1. The molecule has 0 amide bonds. The fraction of sp³-hybridized carbons (Fsp3) is 0.267. The molecule has 1 aromatic carbocycles. The van der Waals surface area contributed by atoms with Gasteiger partial charge in [-0.3, -0.25) is 0 Å². The average Bonchev–Trinajstić information content (AvgIpc) is 2.59. The van der Waals surface area contributed by atoms with E-state index in [2.05, 4.69) is 10.0 Å². The van der Waals surface area contributed by atoms with Gasteiger partial charge in [0.05, 0.1) is 4.90 Å². The summed E-state index contributed by atoms with van der Waals surface area (Å²) in [4.78, 5) is 0.0637. The Kier molecular flexibility index (Phi) is 7.41. The third kappa shape index (κ3) is 5.38. The van der Waals surface area contributed by atoms with Crippen molar-refractivity contribution < 1.29 is 13.2 Å². The smallest absolute Gasteiger partial charge is 0.240 e.